The van der Waals surface area contributed by atoms with Gasteiger partial charge in [-0.2, -0.15) is 0 Å². The highest BCUT2D eigenvalue weighted by Gasteiger charge is 2.23. The first-order valence-corrected chi connectivity index (χ1v) is 6.74. The van der Waals surface area contributed by atoms with Gasteiger partial charge in [-0.25, -0.2) is 9.97 Å². The van der Waals surface area contributed by atoms with Crippen LogP contribution in [0.1, 0.15) is 23.2 Å². The number of rotatable bonds is 4. The molecule has 20 heavy (non-hydrogen) atoms. The van der Waals surface area contributed by atoms with Crippen molar-refractivity contribution in [1.29, 1.82) is 0 Å². The lowest BCUT2D eigenvalue weighted by atomic mass is 10.3. The molecule has 0 spiro atoms. The van der Waals surface area contributed by atoms with E-state index >= 15 is 0 Å². The molecule has 1 aromatic heterocycles. The minimum atomic E-state index is -0.120. The molecule has 3 rings (SSSR count). The number of nitrogens with zero attached hydrogens (tertiary/aromatic N) is 2. The Morgan fingerprint density at radius 1 is 1.15 bits per heavy atom. The molecular formula is C14H13ClN4O. The summed E-state index contributed by atoms with van der Waals surface area (Å²) in [5.74, 6) is 0.320. The fraction of sp³-hybridized carbons (Fsp3) is 0.214. The number of carbonyl (C=O) groups is 1. The maximum Gasteiger partial charge on any atom is 0.254 e. The number of carbonyl (C=O) groups excluding carboxylic acids is 1. The Morgan fingerprint density at radius 3 is 2.40 bits per heavy atom. The maximum atomic E-state index is 11.8. The summed E-state index contributed by atoms with van der Waals surface area (Å²) in [6, 6.07) is 7.55. The predicted octanol–water partition coefficient (Wildman–Crippen LogP) is 2.77. The summed E-state index contributed by atoms with van der Waals surface area (Å²) in [6.07, 6.45) is 5.15. The van der Waals surface area contributed by atoms with Crippen LogP contribution in [0.25, 0.3) is 0 Å². The highest BCUT2D eigenvalue weighted by Crippen LogP contribution is 2.19. The van der Waals surface area contributed by atoms with E-state index in [4.69, 9.17) is 11.6 Å². The zero-order valence-electron chi connectivity index (χ0n) is 10.6. The number of halogens is 1. The van der Waals surface area contributed by atoms with Crippen LogP contribution in [-0.2, 0) is 0 Å². The summed E-state index contributed by atoms with van der Waals surface area (Å²) in [5, 5.41) is 6.60. The molecular weight excluding hydrogens is 276 g/mol. The van der Waals surface area contributed by atoms with Crippen molar-refractivity contribution in [3.8, 4) is 0 Å². The number of amides is 1. The summed E-state index contributed by atoms with van der Waals surface area (Å²) in [7, 11) is 0. The Bertz CT molecular complexity index is 608. The van der Waals surface area contributed by atoms with Gasteiger partial charge in [0.15, 0.2) is 0 Å². The van der Waals surface area contributed by atoms with E-state index in [1.807, 2.05) is 12.1 Å². The van der Waals surface area contributed by atoms with Crippen LogP contribution in [0, 0.1) is 0 Å². The molecule has 0 atom stereocenters. The molecule has 6 heteroatoms. The molecule has 102 valence electrons. The van der Waals surface area contributed by atoms with Crippen molar-refractivity contribution in [1.82, 2.24) is 15.3 Å². The highest BCUT2D eigenvalue weighted by atomic mass is 35.5. The number of hydrogen-bond donors (Lipinski definition) is 2. The molecule has 1 heterocycles. The zero-order chi connectivity index (χ0) is 13.9. The topological polar surface area (TPSA) is 66.9 Å². The number of nitrogens with one attached hydrogen (secondary N) is 2. The van der Waals surface area contributed by atoms with E-state index in [-0.39, 0.29) is 5.91 Å². The van der Waals surface area contributed by atoms with Gasteiger partial charge in [0.05, 0.1) is 5.56 Å². The van der Waals surface area contributed by atoms with Crippen molar-refractivity contribution in [2.75, 3.05) is 5.32 Å². The second-order valence-corrected chi connectivity index (χ2v) is 5.11. The van der Waals surface area contributed by atoms with Crippen molar-refractivity contribution in [3.63, 3.8) is 0 Å². The van der Waals surface area contributed by atoms with Crippen LogP contribution in [0.15, 0.2) is 36.7 Å². The number of benzene rings is 1. The van der Waals surface area contributed by atoms with Crippen LogP contribution in [0.2, 0.25) is 5.02 Å². The minimum Gasteiger partial charge on any atom is -0.349 e. The normalized spacial score (nSPS) is 13.8. The fourth-order valence-electron chi connectivity index (χ4n) is 1.67. The van der Waals surface area contributed by atoms with Crippen molar-refractivity contribution in [2.45, 2.75) is 18.9 Å². The van der Waals surface area contributed by atoms with E-state index in [0.29, 0.717) is 22.6 Å². The summed E-state index contributed by atoms with van der Waals surface area (Å²) in [6.45, 7) is 0. The molecule has 1 aliphatic rings. The van der Waals surface area contributed by atoms with E-state index < -0.39 is 0 Å². The third kappa shape index (κ3) is 3.24. The third-order valence-corrected chi connectivity index (χ3v) is 3.18. The van der Waals surface area contributed by atoms with E-state index in [9.17, 15) is 4.79 Å². The quantitative estimate of drug-likeness (QED) is 0.908. The van der Waals surface area contributed by atoms with Gasteiger partial charge in [-0.05, 0) is 37.1 Å². The standard InChI is InChI=1S/C14H13ClN4O/c15-10-1-3-12(4-2-10)19-14-16-7-9(8-17-14)13(20)18-11-5-6-11/h1-4,7-8,11H,5-6H2,(H,18,20)(H,16,17,19). The van der Waals surface area contributed by atoms with E-state index in [1.165, 1.54) is 12.4 Å². The molecule has 0 unspecified atom stereocenters. The van der Waals surface area contributed by atoms with Crippen molar-refractivity contribution in [2.24, 2.45) is 0 Å². The van der Waals surface area contributed by atoms with Crippen LogP contribution in [0.3, 0.4) is 0 Å². The second kappa shape index (κ2) is 5.46. The maximum absolute atomic E-state index is 11.8. The SMILES string of the molecule is O=C(NC1CC1)c1cnc(Nc2ccc(Cl)cc2)nc1. The molecule has 1 saturated carbocycles. The van der Waals surface area contributed by atoms with Crippen LogP contribution in [0.5, 0.6) is 0 Å². The first kappa shape index (κ1) is 12.9. The van der Waals surface area contributed by atoms with Crippen molar-refractivity contribution >= 4 is 29.1 Å². The van der Waals surface area contributed by atoms with Crippen molar-refractivity contribution in [3.05, 3.63) is 47.2 Å². The van der Waals surface area contributed by atoms with E-state index in [1.54, 1.807) is 12.1 Å². The minimum absolute atomic E-state index is 0.120. The summed E-state index contributed by atoms with van der Waals surface area (Å²) >= 11 is 5.81. The summed E-state index contributed by atoms with van der Waals surface area (Å²) in [5.41, 5.74) is 1.31. The molecule has 5 nitrogen and oxygen atoms in total. The van der Waals surface area contributed by atoms with Crippen molar-refractivity contribution < 1.29 is 4.79 Å². The molecule has 1 amide bonds. The Balaban J connectivity index is 1.66. The molecule has 0 radical (unpaired) electrons. The molecule has 1 fully saturated rings. The van der Waals surface area contributed by atoms with Crippen LogP contribution in [0.4, 0.5) is 11.6 Å². The Kier molecular flexibility index (Phi) is 3.52. The molecule has 0 saturated heterocycles. The Labute approximate surface area is 121 Å². The van der Waals surface area contributed by atoms with Crippen LogP contribution in [-0.4, -0.2) is 21.9 Å². The molecule has 2 aromatic rings. The van der Waals surface area contributed by atoms with E-state index in [0.717, 1.165) is 18.5 Å². The molecule has 2 N–H and O–H groups in total. The van der Waals surface area contributed by atoms with Gasteiger partial charge in [0.1, 0.15) is 0 Å². The predicted molar refractivity (Wildman–Crippen MR) is 77.3 cm³/mol. The number of hydrogen-bond acceptors (Lipinski definition) is 4. The van der Waals surface area contributed by atoms with E-state index in [2.05, 4.69) is 20.6 Å². The lowest BCUT2D eigenvalue weighted by Crippen LogP contribution is -2.25. The van der Waals surface area contributed by atoms with Gasteiger partial charge in [0.25, 0.3) is 5.91 Å². The average molecular weight is 289 g/mol. The largest absolute Gasteiger partial charge is 0.349 e. The molecule has 1 aromatic carbocycles. The van der Waals surface area contributed by atoms with Gasteiger partial charge in [-0.1, -0.05) is 11.6 Å². The number of aromatic nitrogens is 2. The lowest BCUT2D eigenvalue weighted by Gasteiger charge is -2.06. The smallest absolute Gasteiger partial charge is 0.254 e. The third-order valence-electron chi connectivity index (χ3n) is 2.93. The summed E-state index contributed by atoms with van der Waals surface area (Å²) < 4.78 is 0. The highest BCUT2D eigenvalue weighted by molar-refractivity contribution is 6.30. The van der Waals surface area contributed by atoms with Gasteiger partial charge >= 0.3 is 0 Å². The van der Waals surface area contributed by atoms with Crippen LogP contribution < -0.4 is 10.6 Å². The molecule has 0 aliphatic heterocycles. The second-order valence-electron chi connectivity index (χ2n) is 4.67. The van der Waals surface area contributed by atoms with Gasteiger partial charge in [-0.3, -0.25) is 4.79 Å². The Morgan fingerprint density at radius 2 is 1.80 bits per heavy atom. The van der Waals surface area contributed by atoms with Gasteiger partial charge in [0, 0.05) is 29.1 Å². The first-order valence-electron chi connectivity index (χ1n) is 6.36. The molecule has 1 aliphatic carbocycles. The average Bonchev–Trinajstić information content (AvgIpc) is 3.26. The lowest BCUT2D eigenvalue weighted by molar-refractivity contribution is 0.0950. The monoisotopic (exact) mass is 288 g/mol. The van der Waals surface area contributed by atoms with Gasteiger partial charge < -0.3 is 10.6 Å². The summed E-state index contributed by atoms with van der Waals surface area (Å²) in [4.78, 5) is 20.0. The van der Waals surface area contributed by atoms with Crippen LogP contribution >= 0.6 is 11.6 Å². The van der Waals surface area contributed by atoms with Gasteiger partial charge in [-0.15, -0.1) is 0 Å². The Hall–Kier alpha value is -2.14. The fourth-order valence-corrected chi connectivity index (χ4v) is 1.79. The molecule has 0 bridgehead atoms. The first-order chi connectivity index (χ1) is 9.70. The van der Waals surface area contributed by atoms with Gasteiger partial charge in [0.2, 0.25) is 5.95 Å². The number of anilines is 2. The zero-order valence-corrected chi connectivity index (χ0v) is 11.4.